The lowest BCUT2D eigenvalue weighted by atomic mass is 10.1. The summed E-state index contributed by atoms with van der Waals surface area (Å²) in [7, 11) is -3.71. The van der Waals surface area contributed by atoms with Gasteiger partial charge >= 0.3 is 10.2 Å². The number of amidine groups is 1. The number of piperidine rings is 1. The molecule has 1 aromatic heterocycles. The predicted molar refractivity (Wildman–Crippen MR) is 129 cm³/mol. The van der Waals surface area contributed by atoms with E-state index in [2.05, 4.69) is 24.2 Å². The zero-order chi connectivity index (χ0) is 23.5. The van der Waals surface area contributed by atoms with Crippen molar-refractivity contribution in [3.63, 3.8) is 0 Å². The third-order valence-corrected chi connectivity index (χ3v) is 8.67. The number of likely N-dealkylation sites (tertiary alicyclic amines) is 1. The van der Waals surface area contributed by atoms with E-state index in [0.29, 0.717) is 23.2 Å². The Morgan fingerprint density at radius 1 is 1.06 bits per heavy atom. The highest BCUT2D eigenvalue weighted by molar-refractivity contribution is 7.99. The molecule has 9 nitrogen and oxygen atoms in total. The van der Waals surface area contributed by atoms with Crippen molar-refractivity contribution in [2.75, 3.05) is 25.4 Å². The lowest BCUT2D eigenvalue weighted by Crippen LogP contribution is -3.11. The second kappa shape index (κ2) is 10.3. The van der Waals surface area contributed by atoms with Crippen molar-refractivity contribution in [2.24, 2.45) is 4.40 Å². The first-order valence-electron chi connectivity index (χ1n) is 12.0. The van der Waals surface area contributed by atoms with Crippen molar-refractivity contribution in [1.82, 2.24) is 24.4 Å². The Kier molecular flexibility index (Phi) is 7.19. The number of quaternary nitrogens is 1. The van der Waals surface area contributed by atoms with Gasteiger partial charge in [-0.05, 0) is 56.4 Å². The fourth-order valence-electron chi connectivity index (χ4n) is 4.94. The van der Waals surface area contributed by atoms with E-state index >= 15 is 0 Å². The van der Waals surface area contributed by atoms with E-state index in [1.807, 2.05) is 4.57 Å². The Balaban J connectivity index is 1.39. The molecule has 1 atom stereocenters. The second-order valence-corrected chi connectivity index (χ2v) is 11.5. The highest BCUT2D eigenvalue weighted by atomic mass is 32.2. The number of aromatic nitrogens is 3. The summed E-state index contributed by atoms with van der Waals surface area (Å²) in [6.45, 7) is 3.75. The topological polar surface area (TPSA) is 96.9 Å². The molecule has 2 saturated heterocycles. The second-order valence-electron chi connectivity index (χ2n) is 9.13. The first kappa shape index (κ1) is 23.7. The van der Waals surface area contributed by atoms with Crippen LogP contribution in [0, 0.1) is 5.82 Å². The maximum Gasteiger partial charge on any atom is 0.323 e. The van der Waals surface area contributed by atoms with Crippen LogP contribution in [0.4, 0.5) is 4.39 Å². The number of nitrogens with one attached hydrogen (secondary N) is 2. The Morgan fingerprint density at radius 3 is 2.62 bits per heavy atom. The first-order valence-corrected chi connectivity index (χ1v) is 14.5. The van der Waals surface area contributed by atoms with Gasteiger partial charge in [-0.1, -0.05) is 18.2 Å². The molecule has 34 heavy (non-hydrogen) atoms. The van der Waals surface area contributed by atoms with E-state index in [1.165, 1.54) is 48.1 Å². The molecule has 0 aliphatic carbocycles. The van der Waals surface area contributed by atoms with E-state index in [9.17, 15) is 12.8 Å². The van der Waals surface area contributed by atoms with Gasteiger partial charge in [0.2, 0.25) is 0 Å². The molecule has 0 amide bonds. The number of rotatable bonds is 6. The van der Waals surface area contributed by atoms with Crippen LogP contribution in [0.2, 0.25) is 0 Å². The molecule has 2 aromatic rings. The molecule has 0 saturated carbocycles. The number of thioether (sulfide) groups is 1. The van der Waals surface area contributed by atoms with Crippen LogP contribution in [0.15, 0.2) is 33.8 Å². The van der Waals surface area contributed by atoms with E-state index in [0.717, 1.165) is 57.0 Å². The minimum Gasteiger partial charge on any atom is -0.342 e. The van der Waals surface area contributed by atoms with Crippen LogP contribution < -0.4 is 9.62 Å². The Hall–Kier alpha value is -2.02. The van der Waals surface area contributed by atoms with Crippen molar-refractivity contribution >= 4 is 27.8 Å². The van der Waals surface area contributed by atoms with Crippen LogP contribution in [0.25, 0.3) is 5.69 Å². The fraction of sp³-hybridized carbons (Fsp3) is 0.591. The van der Waals surface area contributed by atoms with Gasteiger partial charge in [-0.25, -0.2) is 4.39 Å². The average Bonchev–Trinajstić information content (AvgIpc) is 3.06. The molecule has 184 valence electrons. The van der Waals surface area contributed by atoms with Gasteiger partial charge in [0.25, 0.3) is 0 Å². The standard InChI is InChI=1S/C22H30FN7O2S2/c23-17-8-10-18(11-9-17)30-20(15-28-12-4-2-5-13-28)24-25-22(30)33-16-21-27-34(31,32)26-19-7-3-1-6-14-29(19)21/h8-11,21,27H,1-7,12-16H2/p+1. The lowest BCUT2D eigenvalue weighted by molar-refractivity contribution is -0.919. The van der Waals surface area contributed by atoms with Crippen molar-refractivity contribution < 1.29 is 17.7 Å². The third kappa shape index (κ3) is 5.45. The fourth-order valence-corrected chi connectivity index (χ4v) is 7.13. The number of hydrogen-bond donors (Lipinski definition) is 2. The van der Waals surface area contributed by atoms with Crippen molar-refractivity contribution in [1.29, 1.82) is 0 Å². The van der Waals surface area contributed by atoms with Crippen LogP contribution in [-0.2, 0) is 16.8 Å². The summed E-state index contributed by atoms with van der Waals surface area (Å²) in [6, 6.07) is 6.36. The Bertz CT molecular complexity index is 1130. The molecule has 1 unspecified atom stereocenters. The predicted octanol–water partition coefficient (Wildman–Crippen LogP) is 1.52. The van der Waals surface area contributed by atoms with E-state index in [4.69, 9.17) is 0 Å². The highest BCUT2D eigenvalue weighted by Crippen LogP contribution is 2.26. The molecule has 3 aliphatic heterocycles. The van der Waals surface area contributed by atoms with Crippen molar-refractivity contribution in [2.45, 2.75) is 62.8 Å². The largest absolute Gasteiger partial charge is 0.342 e. The molecule has 5 rings (SSSR count). The van der Waals surface area contributed by atoms with Gasteiger partial charge in [-0.3, -0.25) is 4.57 Å². The quantitative estimate of drug-likeness (QED) is 0.575. The summed E-state index contributed by atoms with van der Waals surface area (Å²) in [5.74, 6) is 1.66. The van der Waals surface area contributed by atoms with Crippen molar-refractivity contribution in [3.8, 4) is 5.69 Å². The molecule has 1 aromatic carbocycles. The molecule has 0 bridgehead atoms. The van der Waals surface area contributed by atoms with Crippen LogP contribution in [-0.4, -0.2) is 65.5 Å². The van der Waals surface area contributed by atoms with Gasteiger partial charge in [0.05, 0.1) is 13.1 Å². The highest BCUT2D eigenvalue weighted by Gasteiger charge is 2.33. The van der Waals surface area contributed by atoms with Gasteiger partial charge in [-0.2, -0.15) is 13.1 Å². The summed E-state index contributed by atoms with van der Waals surface area (Å²) < 4.78 is 47.0. The average molecular weight is 509 g/mol. The molecular formula is C22H31FN7O2S2+. The number of nitrogens with zero attached hydrogens (tertiary/aromatic N) is 5. The minimum atomic E-state index is -3.71. The zero-order valence-corrected chi connectivity index (χ0v) is 20.8. The van der Waals surface area contributed by atoms with Crippen LogP contribution in [0.5, 0.6) is 0 Å². The van der Waals surface area contributed by atoms with Gasteiger partial charge < -0.3 is 9.80 Å². The third-order valence-electron chi connectivity index (χ3n) is 6.64. The van der Waals surface area contributed by atoms with Gasteiger partial charge in [-0.15, -0.1) is 14.6 Å². The minimum absolute atomic E-state index is 0.293. The molecule has 3 aliphatic rings. The smallest absolute Gasteiger partial charge is 0.323 e. The molecular weight excluding hydrogens is 477 g/mol. The maximum atomic E-state index is 13.6. The number of benzene rings is 1. The SMILES string of the molecule is O=S1(=O)N=C2CCCCCN2C(CSc2nnc(C[NH+]3CCCCC3)n2-c2ccc(F)cc2)N1. The van der Waals surface area contributed by atoms with E-state index < -0.39 is 16.4 Å². The molecule has 12 heteroatoms. The normalized spacial score (nSPS) is 23.3. The van der Waals surface area contributed by atoms with Crippen LogP contribution in [0.3, 0.4) is 0 Å². The lowest BCUT2D eigenvalue weighted by Gasteiger charge is -2.35. The molecule has 0 spiro atoms. The molecule has 4 heterocycles. The summed E-state index contributed by atoms with van der Waals surface area (Å²) in [4.78, 5) is 3.56. The Labute approximate surface area is 204 Å². The molecule has 0 radical (unpaired) electrons. The van der Waals surface area contributed by atoms with Crippen LogP contribution in [0.1, 0.15) is 50.8 Å². The van der Waals surface area contributed by atoms with Crippen LogP contribution >= 0.6 is 11.8 Å². The van der Waals surface area contributed by atoms with E-state index in [-0.39, 0.29) is 5.82 Å². The van der Waals surface area contributed by atoms with Crippen molar-refractivity contribution in [3.05, 3.63) is 35.9 Å². The summed E-state index contributed by atoms with van der Waals surface area (Å²) in [5, 5.41) is 9.64. The monoisotopic (exact) mass is 508 g/mol. The summed E-state index contributed by atoms with van der Waals surface area (Å²) in [5.41, 5.74) is 0.807. The van der Waals surface area contributed by atoms with Gasteiger partial charge in [0.1, 0.15) is 24.4 Å². The number of halogens is 1. The number of fused-ring (bicyclic) bond motifs is 1. The summed E-state index contributed by atoms with van der Waals surface area (Å²) >= 11 is 1.46. The Morgan fingerprint density at radius 2 is 1.82 bits per heavy atom. The summed E-state index contributed by atoms with van der Waals surface area (Å²) in [6.07, 6.45) is 7.01. The van der Waals surface area contributed by atoms with Gasteiger partial charge in [0.15, 0.2) is 11.0 Å². The number of hydrogen-bond acceptors (Lipinski definition) is 6. The van der Waals surface area contributed by atoms with E-state index in [1.54, 1.807) is 12.1 Å². The van der Waals surface area contributed by atoms with Gasteiger partial charge in [0, 0.05) is 24.4 Å². The first-order chi connectivity index (χ1) is 16.5. The molecule has 2 fully saturated rings. The maximum absolute atomic E-state index is 13.6. The zero-order valence-electron chi connectivity index (χ0n) is 19.1. The molecule has 2 N–H and O–H groups in total.